The van der Waals surface area contributed by atoms with Gasteiger partial charge in [0, 0.05) is 19.7 Å². The maximum absolute atomic E-state index is 12.5. The number of hydrogen-bond acceptors (Lipinski definition) is 4. The van der Waals surface area contributed by atoms with Crippen LogP contribution in [0, 0.1) is 6.92 Å². The van der Waals surface area contributed by atoms with Crippen molar-refractivity contribution in [3.05, 3.63) is 52.9 Å². The molecule has 1 aliphatic heterocycles. The zero-order chi connectivity index (χ0) is 14.8. The van der Waals surface area contributed by atoms with E-state index >= 15 is 0 Å². The summed E-state index contributed by atoms with van der Waals surface area (Å²) in [7, 11) is 1.80. The number of carbonyl (C=O) groups excluding carboxylic acids is 1. The van der Waals surface area contributed by atoms with Crippen molar-refractivity contribution in [1.82, 2.24) is 15.4 Å². The number of aromatic nitrogens is 1. The van der Waals surface area contributed by atoms with E-state index in [4.69, 9.17) is 4.52 Å². The van der Waals surface area contributed by atoms with E-state index in [1.54, 1.807) is 11.9 Å². The van der Waals surface area contributed by atoms with Gasteiger partial charge in [0.05, 0.1) is 12.6 Å². The van der Waals surface area contributed by atoms with Crippen molar-refractivity contribution >= 4 is 5.91 Å². The molecule has 0 unspecified atom stereocenters. The van der Waals surface area contributed by atoms with Crippen LogP contribution in [0.4, 0.5) is 0 Å². The Morgan fingerprint density at radius 3 is 2.90 bits per heavy atom. The summed E-state index contributed by atoms with van der Waals surface area (Å²) in [5, 5.41) is 7.24. The number of likely N-dealkylation sites (N-methyl/N-ethyl adjacent to an activating group) is 1. The van der Waals surface area contributed by atoms with Crippen LogP contribution in [0.5, 0.6) is 0 Å². The van der Waals surface area contributed by atoms with E-state index in [0.29, 0.717) is 6.54 Å². The quantitative estimate of drug-likeness (QED) is 0.931. The van der Waals surface area contributed by atoms with Crippen LogP contribution < -0.4 is 5.32 Å². The molecular weight excluding hydrogens is 266 g/mol. The average molecular weight is 285 g/mol. The molecule has 1 amide bonds. The lowest BCUT2D eigenvalue weighted by molar-refractivity contribution is -0.132. The molecule has 2 aromatic rings. The van der Waals surface area contributed by atoms with Gasteiger partial charge in [-0.05, 0) is 24.5 Å². The molecule has 0 radical (unpaired) electrons. The SMILES string of the molecule is Cc1cc(CN(C)C(=O)[C@H]2Cc3ccccc3CN2)no1. The number of hydrogen-bond donors (Lipinski definition) is 1. The van der Waals surface area contributed by atoms with E-state index in [0.717, 1.165) is 24.4 Å². The Morgan fingerprint density at radius 2 is 2.19 bits per heavy atom. The first-order chi connectivity index (χ1) is 10.1. The van der Waals surface area contributed by atoms with Gasteiger partial charge in [-0.2, -0.15) is 0 Å². The summed E-state index contributed by atoms with van der Waals surface area (Å²) < 4.78 is 5.03. The molecule has 5 nitrogen and oxygen atoms in total. The minimum absolute atomic E-state index is 0.0881. The Kier molecular flexibility index (Phi) is 3.75. The fraction of sp³-hybridized carbons (Fsp3) is 0.375. The minimum Gasteiger partial charge on any atom is -0.361 e. The molecule has 0 bridgehead atoms. The summed E-state index contributed by atoms with van der Waals surface area (Å²) in [6.45, 7) is 3.05. The number of benzene rings is 1. The Hall–Kier alpha value is -2.14. The number of nitrogens with one attached hydrogen (secondary N) is 1. The Balaban J connectivity index is 1.66. The smallest absolute Gasteiger partial charge is 0.240 e. The third-order valence-electron chi connectivity index (χ3n) is 3.83. The van der Waals surface area contributed by atoms with E-state index in [9.17, 15) is 4.79 Å². The molecule has 5 heteroatoms. The maximum Gasteiger partial charge on any atom is 0.240 e. The molecule has 110 valence electrons. The second kappa shape index (κ2) is 5.69. The van der Waals surface area contributed by atoms with Crippen LogP contribution in [0.15, 0.2) is 34.9 Å². The van der Waals surface area contributed by atoms with E-state index < -0.39 is 0 Å². The number of fused-ring (bicyclic) bond motifs is 1. The van der Waals surface area contributed by atoms with Crippen molar-refractivity contribution in [2.45, 2.75) is 32.5 Å². The first-order valence-corrected chi connectivity index (χ1v) is 7.11. The highest BCUT2D eigenvalue weighted by Gasteiger charge is 2.26. The highest BCUT2D eigenvalue weighted by atomic mass is 16.5. The highest BCUT2D eigenvalue weighted by Crippen LogP contribution is 2.17. The Labute approximate surface area is 123 Å². The molecule has 0 fully saturated rings. The number of nitrogens with zero attached hydrogens (tertiary/aromatic N) is 2. The van der Waals surface area contributed by atoms with Gasteiger partial charge in [0.2, 0.25) is 5.91 Å². The molecule has 0 spiro atoms. The van der Waals surface area contributed by atoms with Crippen LogP contribution in [0.1, 0.15) is 22.6 Å². The van der Waals surface area contributed by atoms with E-state index in [2.05, 4.69) is 22.6 Å². The summed E-state index contributed by atoms with van der Waals surface area (Å²) in [5.41, 5.74) is 3.30. The summed E-state index contributed by atoms with van der Waals surface area (Å²) in [6, 6.07) is 9.93. The zero-order valence-electron chi connectivity index (χ0n) is 12.3. The van der Waals surface area contributed by atoms with Crippen molar-refractivity contribution in [2.24, 2.45) is 0 Å². The molecule has 0 aliphatic carbocycles. The van der Waals surface area contributed by atoms with Crippen molar-refractivity contribution in [3.63, 3.8) is 0 Å². The summed E-state index contributed by atoms with van der Waals surface area (Å²) in [4.78, 5) is 14.2. The monoisotopic (exact) mass is 285 g/mol. The predicted octanol–water partition coefficient (Wildman–Crippen LogP) is 1.66. The van der Waals surface area contributed by atoms with Crippen LogP contribution in [0.2, 0.25) is 0 Å². The van der Waals surface area contributed by atoms with Gasteiger partial charge in [-0.1, -0.05) is 29.4 Å². The lowest BCUT2D eigenvalue weighted by atomic mass is 9.95. The van der Waals surface area contributed by atoms with Crippen LogP contribution >= 0.6 is 0 Å². The van der Waals surface area contributed by atoms with Gasteiger partial charge in [0.15, 0.2) is 0 Å². The second-order valence-corrected chi connectivity index (χ2v) is 5.53. The van der Waals surface area contributed by atoms with Crippen LogP contribution in [-0.2, 0) is 24.3 Å². The van der Waals surface area contributed by atoms with Gasteiger partial charge in [-0.3, -0.25) is 4.79 Å². The van der Waals surface area contributed by atoms with Gasteiger partial charge < -0.3 is 14.7 Å². The minimum atomic E-state index is -0.169. The Morgan fingerprint density at radius 1 is 1.43 bits per heavy atom. The molecule has 21 heavy (non-hydrogen) atoms. The average Bonchev–Trinajstić information content (AvgIpc) is 2.91. The third kappa shape index (κ3) is 2.97. The molecule has 3 rings (SSSR count). The summed E-state index contributed by atoms with van der Waals surface area (Å²) in [5.74, 6) is 0.848. The highest BCUT2D eigenvalue weighted by molar-refractivity contribution is 5.82. The number of aryl methyl sites for hydroxylation is 1. The lowest BCUT2D eigenvalue weighted by Crippen LogP contribution is -2.48. The van der Waals surface area contributed by atoms with Gasteiger partial charge in [-0.25, -0.2) is 0 Å². The maximum atomic E-state index is 12.5. The van der Waals surface area contributed by atoms with Crippen LogP contribution in [0.3, 0.4) is 0 Å². The predicted molar refractivity (Wildman–Crippen MR) is 78.5 cm³/mol. The van der Waals surface area contributed by atoms with Crippen molar-refractivity contribution in [1.29, 1.82) is 0 Å². The standard InChI is InChI=1S/C16H19N3O2/c1-11-7-14(18-21-11)10-19(2)16(20)15-8-12-5-3-4-6-13(12)9-17-15/h3-7,15,17H,8-10H2,1-2H3/t15-/m1/s1. The summed E-state index contributed by atoms with van der Waals surface area (Å²) in [6.07, 6.45) is 0.733. The normalized spacial score (nSPS) is 17.3. The molecule has 1 aromatic heterocycles. The van der Waals surface area contributed by atoms with Gasteiger partial charge >= 0.3 is 0 Å². The first-order valence-electron chi connectivity index (χ1n) is 7.11. The fourth-order valence-electron chi connectivity index (χ4n) is 2.71. The number of rotatable bonds is 3. The first kappa shape index (κ1) is 13.8. The van der Waals surface area contributed by atoms with Crippen molar-refractivity contribution in [3.8, 4) is 0 Å². The summed E-state index contributed by atoms with van der Waals surface area (Å²) >= 11 is 0. The molecule has 2 heterocycles. The third-order valence-corrected chi connectivity index (χ3v) is 3.83. The van der Waals surface area contributed by atoms with Crippen molar-refractivity contribution in [2.75, 3.05) is 7.05 Å². The molecule has 1 aliphatic rings. The molecule has 0 saturated heterocycles. The van der Waals surface area contributed by atoms with Gasteiger partial charge in [0.25, 0.3) is 0 Å². The molecular formula is C16H19N3O2. The number of carbonyl (C=O) groups is 1. The number of amides is 1. The van der Waals surface area contributed by atoms with Gasteiger partial charge in [0.1, 0.15) is 11.5 Å². The second-order valence-electron chi connectivity index (χ2n) is 5.53. The van der Waals surface area contributed by atoms with Crippen molar-refractivity contribution < 1.29 is 9.32 Å². The van der Waals surface area contributed by atoms with Gasteiger partial charge in [-0.15, -0.1) is 0 Å². The molecule has 1 aromatic carbocycles. The van der Waals surface area contributed by atoms with E-state index in [1.165, 1.54) is 11.1 Å². The lowest BCUT2D eigenvalue weighted by Gasteiger charge is -2.28. The fourth-order valence-corrected chi connectivity index (χ4v) is 2.71. The Bertz CT molecular complexity index is 650. The molecule has 1 atom stereocenters. The van der Waals surface area contributed by atoms with E-state index in [-0.39, 0.29) is 11.9 Å². The molecule has 0 saturated carbocycles. The topological polar surface area (TPSA) is 58.4 Å². The van der Waals surface area contributed by atoms with E-state index in [1.807, 2.05) is 25.1 Å². The van der Waals surface area contributed by atoms with Crippen LogP contribution in [0.25, 0.3) is 0 Å². The largest absolute Gasteiger partial charge is 0.361 e. The van der Waals surface area contributed by atoms with Crippen LogP contribution in [-0.4, -0.2) is 29.1 Å². The zero-order valence-corrected chi connectivity index (χ0v) is 12.3. The molecule has 1 N–H and O–H groups in total.